The molecule has 6 nitrogen and oxygen atoms in total. The van der Waals surface area contributed by atoms with Crippen LogP contribution >= 0.6 is 0 Å². The number of pyridine rings is 2. The largest absolute Gasteiger partial charge is 0.327 e. The van der Waals surface area contributed by atoms with Gasteiger partial charge in [0.05, 0.1) is 6.04 Å². The normalized spacial score (nSPS) is 18.6. The van der Waals surface area contributed by atoms with E-state index in [0.29, 0.717) is 18.5 Å². The van der Waals surface area contributed by atoms with E-state index in [1.807, 2.05) is 43.3 Å². The molecule has 0 saturated carbocycles. The number of nitrogens with zero attached hydrogens (tertiary/aromatic N) is 3. The Labute approximate surface area is 174 Å². The van der Waals surface area contributed by atoms with E-state index in [9.17, 15) is 14.4 Å². The van der Waals surface area contributed by atoms with E-state index in [1.54, 1.807) is 24.5 Å². The summed E-state index contributed by atoms with van der Waals surface area (Å²) in [5.74, 6) is -2.69. The molecule has 3 aromatic rings. The molecule has 3 heterocycles. The standard InChI is InChI=1S/C24H21N3O3/c1-16-2-4-18(5-3-16)21-20(22(28)19-8-13-26-14-9-19)23(29)24(30)27(21)15-10-17-6-11-25-12-7-17/h2-9,11-14,20-21H,10,15H2,1H3. The van der Waals surface area contributed by atoms with E-state index in [1.165, 1.54) is 17.3 Å². The van der Waals surface area contributed by atoms with Gasteiger partial charge in [0.1, 0.15) is 5.92 Å². The number of aromatic nitrogens is 2. The average molecular weight is 399 g/mol. The molecule has 0 aliphatic carbocycles. The van der Waals surface area contributed by atoms with Crippen molar-refractivity contribution >= 4 is 17.5 Å². The first-order valence-corrected chi connectivity index (χ1v) is 9.81. The van der Waals surface area contributed by atoms with Gasteiger partial charge in [-0.15, -0.1) is 0 Å². The van der Waals surface area contributed by atoms with Crippen LogP contribution in [0.3, 0.4) is 0 Å². The van der Waals surface area contributed by atoms with Gasteiger partial charge in [-0.05, 0) is 48.7 Å². The number of carbonyl (C=O) groups excluding carboxylic acids is 3. The molecule has 1 fully saturated rings. The van der Waals surface area contributed by atoms with Crippen LogP contribution in [0.5, 0.6) is 0 Å². The summed E-state index contributed by atoms with van der Waals surface area (Å²) in [5.41, 5.74) is 3.23. The van der Waals surface area contributed by atoms with Crippen molar-refractivity contribution in [2.24, 2.45) is 5.92 Å². The summed E-state index contributed by atoms with van der Waals surface area (Å²) in [6.07, 6.45) is 6.98. The van der Waals surface area contributed by atoms with Gasteiger partial charge in [0.15, 0.2) is 5.78 Å². The van der Waals surface area contributed by atoms with Crippen molar-refractivity contribution in [1.29, 1.82) is 0 Å². The van der Waals surface area contributed by atoms with Crippen molar-refractivity contribution in [1.82, 2.24) is 14.9 Å². The number of amides is 1. The molecule has 4 rings (SSSR count). The molecule has 0 bridgehead atoms. The van der Waals surface area contributed by atoms with Crippen LogP contribution in [0.15, 0.2) is 73.3 Å². The fraction of sp³-hybridized carbons (Fsp3) is 0.208. The molecule has 2 atom stereocenters. The lowest BCUT2D eigenvalue weighted by molar-refractivity contribution is -0.140. The Morgan fingerprint density at radius 1 is 0.900 bits per heavy atom. The van der Waals surface area contributed by atoms with Crippen LogP contribution in [-0.4, -0.2) is 38.9 Å². The SMILES string of the molecule is Cc1ccc(C2C(C(=O)c3ccncc3)C(=O)C(=O)N2CCc2ccncc2)cc1. The second kappa shape index (κ2) is 8.37. The molecule has 2 unspecified atom stereocenters. The second-order valence-corrected chi connectivity index (χ2v) is 7.40. The van der Waals surface area contributed by atoms with Gasteiger partial charge in [-0.2, -0.15) is 0 Å². The minimum Gasteiger partial charge on any atom is -0.327 e. The first kappa shape index (κ1) is 19.6. The smallest absolute Gasteiger partial charge is 0.291 e. The quantitative estimate of drug-likeness (QED) is 0.362. The number of aryl methyl sites for hydroxylation is 1. The van der Waals surface area contributed by atoms with Gasteiger partial charge < -0.3 is 4.90 Å². The zero-order chi connectivity index (χ0) is 21.1. The lowest BCUT2D eigenvalue weighted by Gasteiger charge is -2.27. The minimum absolute atomic E-state index is 0.341. The molecule has 1 saturated heterocycles. The Bertz CT molecular complexity index is 1070. The van der Waals surface area contributed by atoms with Gasteiger partial charge in [0.2, 0.25) is 5.78 Å². The lowest BCUT2D eigenvalue weighted by atomic mass is 9.86. The fourth-order valence-electron chi connectivity index (χ4n) is 3.86. The van der Waals surface area contributed by atoms with Gasteiger partial charge in [-0.25, -0.2) is 0 Å². The Morgan fingerprint density at radius 2 is 1.50 bits per heavy atom. The van der Waals surface area contributed by atoms with Crippen molar-refractivity contribution < 1.29 is 14.4 Å². The molecule has 150 valence electrons. The van der Waals surface area contributed by atoms with Crippen molar-refractivity contribution in [3.8, 4) is 0 Å². The summed E-state index contributed by atoms with van der Waals surface area (Å²) < 4.78 is 0. The van der Waals surface area contributed by atoms with Gasteiger partial charge >= 0.3 is 0 Å². The third kappa shape index (κ3) is 3.76. The molecule has 1 aliphatic rings. The third-order valence-electron chi connectivity index (χ3n) is 5.46. The molecule has 0 radical (unpaired) electrons. The van der Waals surface area contributed by atoms with Gasteiger partial charge in [0, 0.05) is 36.9 Å². The van der Waals surface area contributed by atoms with Crippen LogP contribution in [0.2, 0.25) is 0 Å². The van der Waals surface area contributed by atoms with Crippen molar-refractivity contribution in [2.45, 2.75) is 19.4 Å². The van der Waals surface area contributed by atoms with Crippen LogP contribution in [-0.2, 0) is 16.0 Å². The van der Waals surface area contributed by atoms with Gasteiger partial charge in [0.25, 0.3) is 5.91 Å². The lowest BCUT2D eigenvalue weighted by Crippen LogP contribution is -2.32. The van der Waals surface area contributed by atoms with E-state index in [0.717, 1.165) is 16.7 Å². The number of rotatable bonds is 6. The average Bonchev–Trinajstić information content (AvgIpc) is 3.04. The number of likely N-dealkylation sites (tertiary alicyclic amines) is 1. The Morgan fingerprint density at radius 3 is 2.13 bits per heavy atom. The summed E-state index contributed by atoms with van der Waals surface area (Å²) in [5, 5.41) is 0. The summed E-state index contributed by atoms with van der Waals surface area (Å²) in [6, 6.07) is 13.9. The number of hydrogen-bond donors (Lipinski definition) is 0. The molecule has 30 heavy (non-hydrogen) atoms. The van der Waals surface area contributed by atoms with Gasteiger partial charge in [-0.1, -0.05) is 29.8 Å². The highest BCUT2D eigenvalue weighted by Gasteiger charge is 2.51. The maximum atomic E-state index is 13.2. The molecule has 1 amide bonds. The van der Waals surface area contributed by atoms with Crippen molar-refractivity contribution in [3.05, 3.63) is 95.6 Å². The fourth-order valence-corrected chi connectivity index (χ4v) is 3.86. The molecule has 0 N–H and O–H groups in total. The maximum absolute atomic E-state index is 13.2. The monoisotopic (exact) mass is 399 g/mol. The summed E-state index contributed by atoms with van der Waals surface area (Å²) in [4.78, 5) is 48.6. The third-order valence-corrected chi connectivity index (χ3v) is 5.46. The molecule has 0 spiro atoms. The number of Topliss-reactive ketones (excluding diaryl/α,β-unsaturated/α-hetero) is 2. The predicted octanol–water partition coefficient (Wildman–Crippen LogP) is 2.98. The zero-order valence-electron chi connectivity index (χ0n) is 16.6. The van der Waals surface area contributed by atoms with E-state index in [2.05, 4.69) is 9.97 Å². The van der Waals surface area contributed by atoms with Crippen LogP contribution in [0, 0.1) is 12.8 Å². The Hall–Kier alpha value is -3.67. The van der Waals surface area contributed by atoms with Gasteiger partial charge in [-0.3, -0.25) is 24.4 Å². The van der Waals surface area contributed by atoms with Crippen LogP contribution in [0.1, 0.15) is 33.1 Å². The number of benzene rings is 1. The molecule has 6 heteroatoms. The summed E-state index contributed by atoms with van der Waals surface area (Å²) in [6.45, 7) is 2.31. The maximum Gasteiger partial charge on any atom is 0.291 e. The number of hydrogen-bond acceptors (Lipinski definition) is 5. The van der Waals surface area contributed by atoms with E-state index >= 15 is 0 Å². The number of ketones is 2. The Balaban J connectivity index is 1.71. The Kier molecular flexibility index (Phi) is 5.48. The second-order valence-electron chi connectivity index (χ2n) is 7.40. The molecular weight excluding hydrogens is 378 g/mol. The van der Waals surface area contributed by atoms with Crippen LogP contribution in [0.4, 0.5) is 0 Å². The number of carbonyl (C=O) groups is 3. The molecule has 2 aromatic heterocycles. The van der Waals surface area contributed by atoms with E-state index in [4.69, 9.17) is 0 Å². The summed E-state index contributed by atoms with van der Waals surface area (Å²) in [7, 11) is 0. The first-order valence-electron chi connectivity index (χ1n) is 9.81. The highest BCUT2D eigenvalue weighted by Crippen LogP contribution is 2.38. The van der Waals surface area contributed by atoms with E-state index in [-0.39, 0.29) is 5.78 Å². The highest BCUT2D eigenvalue weighted by atomic mass is 16.2. The van der Waals surface area contributed by atoms with Crippen LogP contribution < -0.4 is 0 Å². The topological polar surface area (TPSA) is 80.2 Å². The molecule has 1 aromatic carbocycles. The molecule has 1 aliphatic heterocycles. The predicted molar refractivity (Wildman–Crippen MR) is 111 cm³/mol. The first-order chi connectivity index (χ1) is 14.6. The minimum atomic E-state index is -1.07. The van der Waals surface area contributed by atoms with Crippen molar-refractivity contribution in [3.63, 3.8) is 0 Å². The van der Waals surface area contributed by atoms with E-state index < -0.39 is 23.7 Å². The highest BCUT2D eigenvalue weighted by molar-refractivity contribution is 6.44. The summed E-state index contributed by atoms with van der Waals surface area (Å²) >= 11 is 0. The van der Waals surface area contributed by atoms with Crippen LogP contribution in [0.25, 0.3) is 0 Å². The molecular formula is C24H21N3O3. The zero-order valence-corrected chi connectivity index (χ0v) is 16.6. The van der Waals surface area contributed by atoms with Crippen molar-refractivity contribution in [2.75, 3.05) is 6.54 Å².